The van der Waals surface area contributed by atoms with Crippen LogP contribution in [0.25, 0.3) is 0 Å². The van der Waals surface area contributed by atoms with Crippen LogP contribution < -0.4 is 0 Å². The Hall–Kier alpha value is -1.32. The summed E-state index contributed by atoms with van der Waals surface area (Å²) in [5.74, 6) is -1.06. The second-order valence-corrected chi connectivity index (χ2v) is 2.76. The Balaban J connectivity index is 2.38. The first-order valence-corrected chi connectivity index (χ1v) is 3.69. The first-order valence-electron chi connectivity index (χ1n) is 3.69. The third-order valence-corrected chi connectivity index (χ3v) is 1.33. The van der Waals surface area contributed by atoms with Crippen molar-refractivity contribution in [3.05, 3.63) is 12.2 Å². The first-order chi connectivity index (χ1) is 5.59. The average Bonchev–Trinajstić information content (AvgIpc) is 2.35. The predicted octanol–water partition coefficient (Wildman–Crippen LogP) is 0.625. The van der Waals surface area contributed by atoms with Crippen molar-refractivity contribution in [2.75, 3.05) is 0 Å². The van der Waals surface area contributed by atoms with Gasteiger partial charge in [0, 0.05) is 12.2 Å². The van der Waals surface area contributed by atoms with Crippen LogP contribution >= 0.6 is 0 Å². The summed E-state index contributed by atoms with van der Waals surface area (Å²) in [5, 5.41) is 0. The summed E-state index contributed by atoms with van der Waals surface area (Å²) < 4.78 is 9.36. The van der Waals surface area contributed by atoms with Crippen LogP contribution in [0.3, 0.4) is 0 Å². The fraction of sp³-hybridized carbons (Fsp3) is 0.500. The fourth-order valence-electron chi connectivity index (χ4n) is 0.664. The zero-order valence-corrected chi connectivity index (χ0v) is 6.94. The number of cyclic esters (lactones) is 1. The van der Waals surface area contributed by atoms with Gasteiger partial charge >= 0.3 is 11.9 Å². The van der Waals surface area contributed by atoms with Crippen molar-refractivity contribution in [3.8, 4) is 0 Å². The summed E-state index contributed by atoms with van der Waals surface area (Å²) in [7, 11) is 0. The molecule has 0 spiro atoms. The maximum absolute atomic E-state index is 11.0. The number of ether oxygens (including phenoxy) is 2. The van der Waals surface area contributed by atoms with Gasteiger partial charge in [-0.3, -0.25) is 4.79 Å². The van der Waals surface area contributed by atoms with E-state index in [-0.39, 0.29) is 11.9 Å². The van der Waals surface area contributed by atoms with E-state index < -0.39 is 12.3 Å². The lowest BCUT2D eigenvalue weighted by Gasteiger charge is -2.11. The van der Waals surface area contributed by atoms with Crippen molar-refractivity contribution in [3.63, 3.8) is 0 Å². The molecule has 1 atom stereocenters. The van der Waals surface area contributed by atoms with Crippen molar-refractivity contribution in [2.45, 2.75) is 20.1 Å². The average molecular weight is 170 g/mol. The normalized spacial score (nSPS) is 21.2. The number of hydrogen-bond donors (Lipinski definition) is 0. The van der Waals surface area contributed by atoms with Crippen LogP contribution in [-0.2, 0) is 19.1 Å². The highest BCUT2D eigenvalue weighted by atomic mass is 16.7. The molecule has 12 heavy (non-hydrogen) atoms. The molecule has 4 heteroatoms. The first kappa shape index (κ1) is 8.77. The molecular formula is C8H10O4. The van der Waals surface area contributed by atoms with Crippen molar-refractivity contribution in [1.82, 2.24) is 0 Å². The highest BCUT2D eigenvalue weighted by Gasteiger charge is 2.21. The number of carbonyl (C=O) groups is 2. The molecule has 1 rings (SSSR count). The van der Waals surface area contributed by atoms with E-state index in [1.807, 2.05) is 0 Å². The lowest BCUT2D eigenvalue weighted by atomic mass is 10.2. The number of carbonyl (C=O) groups excluding carboxylic acids is 2. The molecule has 1 unspecified atom stereocenters. The standard InChI is InChI=1S/C8H10O4/c1-5(2)8(10)12-7-4-3-6(9)11-7/h3-5,7H,1-2H3. The van der Waals surface area contributed by atoms with E-state index in [0.717, 1.165) is 0 Å². The molecular weight excluding hydrogens is 160 g/mol. The number of hydrogen-bond acceptors (Lipinski definition) is 4. The van der Waals surface area contributed by atoms with Gasteiger partial charge < -0.3 is 9.47 Å². The zero-order chi connectivity index (χ0) is 9.14. The number of rotatable bonds is 2. The summed E-state index contributed by atoms with van der Waals surface area (Å²) in [6.07, 6.45) is 1.81. The Morgan fingerprint density at radius 3 is 2.75 bits per heavy atom. The van der Waals surface area contributed by atoms with Crippen molar-refractivity contribution >= 4 is 11.9 Å². The van der Waals surface area contributed by atoms with Crippen molar-refractivity contribution in [1.29, 1.82) is 0 Å². The van der Waals surface area contributed by atoms with Gasteiger partial charge in [-0.2, -0.15) is 0 Å². The Bertz CT molecular complexity index is 229. The van der Waals surface area contributed by atoms with Gasteiger partial charge in [0.25, 0.3) is 6.29 Å². The minimum Gasteiger partial charge on any atom is -0.421 e. The van der Waals surface area contributed by atoms with E-state index in [9.17, 15) is 9.59 Å². The van der Waals surface area contributed by atoms with Gasteiger partial charge in [-0.25, -0.2) is 4.79 Å². The molecule has 0 saturated heterocycles. The monoisotopic (exact) mass is 170 g/mol. The van der Waals surface area contributed by atoms with Crippen LogP contribution in [-0.4, -0.2) is 18.2 Å². The summed E-state index contributed by atoms with van der Waals surface area (Å²) in [6.45, 7) is 3.42. The summed E-state index contributed by atoms with van der Waals surface area (Å²) in [5.41, 5.74) is 0. The molecule has 4 nitrogen and oxygen atoms in total. The van der Waals surface area contributed by atoms with Crippen LogP contribution in [0.2, 0.25) is 0 Å². The minimum absolute atomic E-state index is 0.210. The van der Waals surface area contributed by atoms with Crippen molar-refractivity contribution < 1.29 is 19.1 Å². The van der Waals surface area contributed by atoms with E-state index in [1.165, 1.54) is 12.2 Å². The topological polar surface area (TPSA) is 52.6 Å². The van der Waals surface area contributed by atoms with E-state index in [4.69, 9.17) is 4.74 Å². The van der Waals surface area contributed by atoms with E-state index in [0.29, 0.717) is 0 Å². The molecule has 66 valence electrons. The highest BCUT2D eigenvalue weighted by molar-refractivity contribution is 5.84. The summed E-state index contributed by atoms with van der Waals surface area (Å²) in [4.78, 5) is 21.5. The molecule has 0 aliphatic carbocycles. The van der Waals surface area contributed by atoms with Gasteiger partial charge in [0.2, 0.25) is 0 Å². The van der Waals surface area contributed by atoms with Crippen LogP contribution in [0.4, 0.5) is 0 Å². The SMILES string of the molecule is CC(C)C(=O)OC1C=CC(=O)O1. The lowest BCUT2D eigenvalue weighted by Crippen LogP contribution is -2.21. The Labute approximate surface area is 70.1 Å². The van der Waals surface area contributed by atoms with Gasteiger partial charge in [-0.05, 0) is 0 Å². The van der Waals surface area contributed by atoms with Crippen LogP contribution in [0.15, 0.2) is 12.2 Å². The third kappa shape index (κ3) is 2.08. The quantitative estimate of drug-likeness (QED) is 0.570. The van der Waals surface area contributed by atoms with E-state index in [1.54, 1.807) is 13.8 Å². The lowest BCUT2D eigenvalue weighted by molar-refractivity contribution is -0.175. The van der Waals surface area contributed by atoms with Gasteiger partial charge in [0.05, 0.1) is 5.92 Å². The molecule has 0 N–H and O–H groups in total. The van der Waals surface area contributed by atoms with E-state index >= 15 is 0 Å². The number of esters is 2. The molecule has 0 aromatic heterocycles. The Morgan fingerprint density at radius 2 is 2.33 bits per heavy atom. The van der Waals surface area contributed by atoms with Gasteiger partial charge in [0.1, 0.15) is 0 Å². The van der Waals surface area contributed by atoms with Gasteiger partial charge in [-0.1, -0.05) is 13.8 Å². The fourth-order valence-corrected chi connectivity index (χ4v) is 0.664. The van der Waals surface area contributed by atoms with Gasteiger partial charge in [0.15, 0.2) is 0 Å². The second-order valence-electron chi connectivity index (χ2n) is 2.76. The smallest absolute Gasteiger partial charge is 0.334 e. The molecule has 1 heterocycles. The summed E-state index contributed by atoms with van der Waals surface area (Å²) >= 11 is 0. The molecule has 1 aliphatic heterocycles. The zero-order valence-electron chi connectivity index (χ0n) is 6.94. The molecule has 0 fully saturated rings. The van der Waals surface area contributed by atoms with Gasteiger partial charge in [-0.15, -0.1) is 0 Å². The van der Waals surface area contributed by atoms with Crippen LogP contribution in [0.5, 0.6) is 0 Å². The second kappa shape index (κ2) is 3.38. The summed E-state index contributed by atoms with van der Waals surface area (Å²) in [6, 6.07) is 0. The highest BCUT2D eigenvalue weighted by Crippen LogP contribution is 2.08. The van der Waals surface area contributed by atoms with E-state index in [2.05, 4.69) is 4.74 Å². The molecule has 0 radical (unpaired) electrons. The Morgan fingerprint density at radius 1 is 1.67 bits per heavy atom. The molecule has 0 aromatic rings. The predicted molar refractivity (Wildman–Crippen MR) is 40.0 cm³/mol. The third-order valence-electron chi connectivity index (χ3n) is 1.33. The van der Waals surface area contributed by atoms with Crippen LogP contribution in [0.1, 0.15) is 13.8 Å². The van der Waals surface area contributed by atoms with Crippen LogP contribution in [0, 0.1) is 5.92 Å². The molecule has 0 bridgehead atoms. The molecule has 0 saturated carbocycles. The largest absolute Gasteiger partial charge is 0.421 e. The maximum Gasteiger partial charge on any atom is 0.334 e. The van der Waals surface area contributed by atoms with Crippen molar-refractivity contribution in [2.24, 2.45) is 5.92 Å². The molecule has 0 aromatic carbocycles. The molecule has 1 aliphatic rings. The Kier molecular flexibility index (Phi) is 2.47. The molecule has 0 amide bonds. The maximum atomic E-state index is 11.0. The minimum atomic E-state index is -0.826.